The normalized spacial score (nSPS) is 14.0. The highest BCUT2D eigenvalue weighted by Crippen LogP contribution is 2.33. The first-order valence-electron chi connectivity index (χ1n) is 14.6. The Labute approximate surface area is 256 Å². The Kier molecular flexibility index (Phi) is 8.23. The molecule has 0 unspecified atom stereocenters. The molecule has 0 aliphatic carbocycles. The molecule has 0 atom stereocenters. The van der Waals surface area contributed by atoms with Gasteiger partial charge >= 0.3 is 12.0 Å². The van der Waals surface area contributed by atoms with E-state index in [0.717, 1.165) is 66.1 Å². The van der Waals surface area contributed by atoms with Crippen LogP contribution in [0.1, 0.15) is 32.2 Å². The van der Waals surface area contributed by atoms with Crippen molar-refractivity contribution in [3.63, 3.8) is 0 Å². The lowest BCUT2D eigenvalue weighted by Crippen LogP contribution is -2.35. The van der Waals surface area contributed by atoms with E-state index in [2.05, 4.69) is 64.5 Å². The Balaban J connectivity index is 1.24. The van der Waals surface area contributed by atoms with Crippen LogP contribution < -0.4 is 15.4 Å². The first-order chi connectivity index (χ1) is 21.3. The molecule has 0 bridgehead atoms. The zero-order chi connectivity index (χ0) is 30.7. The lowest BCUT2D eigenvalue weighted by Gasteiger charge is -2.26. The van der Waals surface area contributed by atoms with Gasteiger partial charge in [0.15, 0.2) is 0 Å². The second-order valence-electron chi connectivity index (χ2n) is 11.7. The van der Waals surface area contributed by atoms with Crippen LogP contribution in [0.2, 0.25) is 0 Å². The number of nitrogens with one attached hydrogen (secondary N) is 2. The van der Waals surface area contributed by atoms with Crippen molar-refractivity contribution >= 4 is 28.3 Å². The minimum atomic E-state index is -0.395. The summed E-state index contributed by atoms with van der Waals surface area (Å²) in [6.07, 6.45) is 5.13. The van der Waals surface area contributed by atoms with Gasteiger partial charge in [-0.25, -0.2) is 19.4 Å². The van der Waals surface area contributed by atoms with Crippen LogP contribution >= 0.6 is 0 Å². The fourth-order valence-corrected chi connectivity index (χ4v) is 5.15. The van der Waals surface area contributed by atoms with Gasteiger partial charge in [0.1, 0.15) is 11.5 Å². The molecule has 4 heterocycles. The van der Waals surface area contributed by atoms with Crippen molar-refractivity contribution in [3.8, 4) is 22.8 Å². The van der Waals surface area contributed by atoms with Crippen LogP contribution in [-0.4, -0.2) is 69.1 Å². The molecule has 6 rings (SSSR count). The van der Waals surface area contributed by atoms with Crippen LogP contribution in [-0.2, 0) is 16.7 Å². The number of anilines is 2. The van der Waals surface area contributed by atoms with E-state index >= 15 is 0 Å². The number of pyridine rings is 1. The third kappa shape index (κ3) is 6.38. The van der Waals surface area contributed by atoms with Crippen LogP contribution in [0.15, 0.2) is 73.2 Å². The lowest BCUT2D eigenvalue weighted by molar-refractivity contribution is 0.0336. The van der Waals surface area contributed by atoms with E-state index in [9.17, 15) is 4.79 Å². The molecule has 2 N–H and O–H groups in total. The molecule has 1 aliphatic heterocycles. The second kappa shape index (κ2) is 12.4. The van der Waals surface area contributed by atoms with Gasteiger partial charge in [-0.15, -0.1) is 0 Å². The molecule has 1 aliphatic rings. The van der Waals surface area contributed by atoms with Crippen LogP contribution in [0.25, 0.3) is 27.6 Å². The fraction of sp³-hybridized carbons (Fsp3) is 0.303. The molecule has 0 saturated carbocycles. The van der Waals surface area contributed by atoms with E-state index in [-0.39, 0.29) is 11.4 Å². The minimum Gasteiger partial charge on any atom is -0.467 e. The van der Waals surface area contributed by atoms with Gasteiger partial charge in [0.05, 0.1) is 49.8 Å². The summed E-state index contributed by atoms with van der Waals surface area (Å²) in [6.45, 7) is 10.4. The monoisotopic (exact) mass is 592 g/mol. The summed E-state index contributed by atoms with van der Waals surface area (Å²) in [5.74, 6) is 0.491. The zero-order valence-electron chi connectivity index (χ0n) is 25.4. The summed E-state index contributed by atoms with van der Waals surface area (Å²) < 4.78 is 12.2. The topological polar surface area (TPSA) is 119 Å². The second-order valence-corrected chi connectivity index (χ2v) is 11.7. The summed E-state index contributed by atoms with van der Waals surface area (Å²) in [4.78, 5) is 28.9. The van der Waals surface area contributed by atoms with E-state index < -0.39 is 6.03 Å². The molecule has 0 radical (unpaired) electrons. The van der Waals surface area contributed by atoms with Gasteiger partial charge in [0, 0.05) is 48.3 Å². The third-order valence-electron chi connectivity index (χ3n) is 7.56. The highest BCUT2D eigenvalue weighted by atomic mass is 16.5. The lowest BCUT2D eigenvalue weighted by atomic mass is 9.92. The zero-order valence-corrected chi connectivity index (χ0v) is 25.4. The predicted octanol–water partition coefficient (Wildman–Crippen LogP) is 5.66. The number of morpholine rings is 1. The van der Waals surface area contributed by atoms with Crippen molar-refractivity contribution in [2.45, 2.75) is 32.7 Å². The Bertz CT molecular complexity index is 1760. The van der Waals surface area contributed by atoms with Gasteiger partial charge in [0.25, 0.3) is 0 Å². The van der Waals surface area contributed by atoms with E-state index in [4.69, 9.17) is 19.6 Å². The quantitative estimate of drug-likeness (QED) is 0.249. The van der Waals surface area contributed by atoms with Crippen molar-refractivity contribution < 1.29 is 14.3 Å². The molecule has 5 aromatic rings. The SMILES string of the molecule is COc1ncc(-n2nc(C(C)(C)C)cc2NC(=O)Nc2ccc(-c3ccc(CN4CCOCC4)nc3)c3ccccc23)cn1. The van der Waals surface area contributed by atoms with Crippen LogP contribution in [0.4, 0.5) is 16.3 Å². The highest BCUT2D eigenvalue weighted by Gasteiger charge is 2.22. The Morgan fingerprint density at radius 1 is 0.932 bits per heavy atom. The molecular weight excluding hydrogens is 556 g/mol. The predicted molar refractivity (Wildman–Crippen MR) is 170 cm³/mol. The summed E-state index contributed by atoms with van der Waals surface area (Å²) >= 11 is 0. The number of nitrogens with zero attached hydrogens (tertiary/aromatic N) is 6. The number of carbonyl (C=O) groups excluding carboxylic acids is 1. The number of rotatable bonds is 7. The molecule has 0 spiro atoms. The number of methoxy groups -OCH3 is 1. The Morgan fingerprint density at radius 3 is 2.36 bits per heavy atom. The van der Waals surface area contributed by atoms with Gasteiger partial charge in [-0.1, -0.05) is 57.2 Å². The number of hydrogen-bond acceptors (Lipinski definition) is 8. The molecule has 1 fully saturated rings. The summed E-state index contributed by atoms with van der Waals surface area (Å²) in [6, 6.07) is 17.9. The number of urea groups is 1. The summed E-state index contributed by atoms with van der Waals surface area (Å²) in [5.41, 5.74) is 4.94. The molecule has 3 aromatic heterocycles. The fourth-order valence-electron chi connectivity index (χ4n) is 5.15. The molecule has 1 saturated heterocycles. The average Bonchev–Trinajstić information content (AvgIpc) is 3.46. The van der Waals surface area contributed by atoms with Crippen molar-refractivity contribution in [3.05, 3.63) is 84.6 Å². The highest BCUT2D eigenvalue weighted by molar-refractivity contribution is 6.09. The van der Waals surface area contributed by atoms with Gasteiger partial charge in [-0.3, -0.25) is 15.2 Å². The van der Waals surface area contributed by atoms with Gasteiger partial charge < -0.3 is 14.8 Å². The van der Waals surface area contributed by atoms with E-state index in [1.807, 2.05) is 42.6 Å². The van der Waals surface area contributed by atoms with E-state index in [1.54, 1.807) is 17.1 Å². The van der Waals surface area contributed by atoms with Crippen LogP contribution in [0, 0.1) is 0 Å². The molecule has 2 aromatic carbocycles. The van der Waals surface area contributed by atoms with E-state index in [1.165, 1.54) is 7.11 Å². The van der Waals surface area contributed by atoms with Crippen molar-refractivity contribution in [1.82, 2.24) is 29.6 Å². The smallest absolute Gasteiger partial charge is 0.324 e. The first-order valence-corrected chi connectivity index (χ1v) is 14.6. The maximum Gasteiger partial charge on any atom is 0.324 e. The maximum atomic E-state index is 13.4. The number of hydrogen-bond donors (Lipinski definition) is 2. The van der Waals surface area contributed by atoms with Crippen molar-refractivity contribution in [2.24, 2.45) is 0 Å². The molecule has 226 valence electrons. The Morgan fingerprint density at radius 2 is 1.68 bits per heavy atom. The molecule has 11 heteroatoms. The van der Waals surface area contributed by atoms with Crippen LogP contribution in [0.5, 0.6) is 6.01 Å². The average molecular weight is 593 g/mol. The largest absolute Gasteiger partial charge is 0.467 e. The Hall–Kier alpha value is -4.87. The number of ether oxygens (including phenoxy) is 2. The standard InChI is InChI=1S/C33H36N8O3/c1-33(2,3)29-17-30(41(39-29)24-19-35-32(43-4)36-20-24)38-31(42)37-28-12-11-25(26-7-5-6-8-27(26)28)22-9-10-23(34-18-22)21-40-13-15-44-16-14-40/h5-12,17-20H,13-16,21H2,1-4H3,(H2,37,38,42). The summed E-state index contributed by atoms with van der Waals surface area (Å²) in [7, 11) is 1.51. The number of fused-ring (bicyclic) bond motifs is 1. The minimum absolute atomic E-state index is 0.243. The van der Waals surface area contributed by atoms with Gasteiger partial charge in [-0.05, 0) is 23.1 Å². The first kappa shape index (κ1) is 29.2. The summed E-state index contributed by atoms with van der Waals surface area (Å²) in [5, 5.41) is 12.7. The number of aromatic nitrogens is 5. The number of carbonyl (C=O) groups is 1. The van der Waals surface area contributed by atoms with Gasteiger partial charge in [-0.2, -0.15) is 5.10 Å². The molecule has 11 nitrogen and oxygen atoms in total. The number of amides is 2. The van der Waals surface area contributed by atoms with Crippen molar-refractivity contribution in [1.29, 1.82) is 0 Å². The van der Waals surface area contributed by atoms with E-state index in [0.29, 0.717) is 17.2 Å². The van der Waals surface area contributed by atoms with Crippen molar-refractivity contribution in [2.75, 3.05) is 44.0 Å². The molecule has 2 amide bonds. The third-order valence-corrected chi connectivity index (χ3v) is 7.56. The number of benzene rings is 2. The molecule has 44 heavy (non-hydrogen) atoms. The van der Waals surface area contributed by atoms with Gasteiger partial charge in [0.2, 0.25) is 0 Å². The van der Waals surface area contributed by atoms with Crippen LogP contribution in [0.3, 0.4) is 0 Å². The maximum absolute atomic E-state index is 13.4. The molecular formula is C33H36N8O3.